The Morgan fingerprint density at radius 2 is 1.03 bits per heavy atom. The molecule has 0 radical (unpaired) electrons. The Balaban J connectivity index is 2.51. The van der Waals surface area contributed by atoms with Crippen LogP contribution in [0.25, 0.3) is 0 Å². The van der Waals surface area contributed by atoms with Crippen molar-refractivity contribution < 1.29 is 42.9 Å². The van der Waals surface area contributed by atoms with Crippen LogP contribution < -0.4 is 0 Å². The summed E-state index contributed by atoms with van der Waals surface area (Å²) in [5.74, 6) is -1.32. The van der Waals surface area contributed by atoms with Gasteiger partial charge in [-0.15, -0.1) is 0 Å². The third-order valence-corrected chi connectivity index (χ3v) is 12.0. The first kappa shape index (κ1) is 58.1. The number of hydrogen-bond acceptors (Lipinski definition) is 10. The summed E-state index contributed by atoms with van der Waals surface area (Å²) in [6.45, 7) is 11.8. The van der Waals surface area contributed by atoms with Gasteiger partial charge < -0.3 is 28.6 Å². The van der Waals surface area contributed by atoms with E-state index in [1.54, 1.807) is 0 Å². The minimum Gasteiger partial charge on any atom is -0.465 e. The average Bonchev–Trinajstić information content (AvgIpc) is 3.28. The minimum absolute atomic E-state index is 0.0430. The molecule has 2 unspecified atom stereocenters. The number of nitrogens with zero attached hydrogens (tertiary/aromatic N) is 1. The topological polar surface area (TPSA) is 118 Å². The van der Waals surface area contributed by atoms with Gasteiger partial charge in [0.25, 0.3) is 0 Å². The number of rotatable bonds is 42. The summed E-state index contributed by atoms with van der Waals surface area (Å²) in [5, 5.41) is 0. The molecule has 0 aromatic rings. The molecule has 0 aromatic carbocycles. The van der Waals surface area contributed by atoms with Gasteiger partial charge in [0.1, 0.15) is 25.9 Å². The number of carbonyl (C=O) groups is 4. The maximum Gasteiger partial charge on any atom is 0.508 e. The van der Waals surface area contributed by atoms with E-state index in [-0.39, 0.29) is 56.6 Å². The van der Waals surface area contributed by atoms with Crippen molar-refractivity contribution in [3.63, 3.8) is 0 Å². The van der Waals surface area contributed by atoms with Crippen molar-refractivity contribution in [1.29, 1.82) is 0 Å². The molecule has 1 fully saturated rings. The van der Waals surface area contributed by atoms with Crippen LogP contribution >= 0.6 is 0 Å². The van der Waals surface area contributed by atoms with Crippen LogP contribution in [0, 0.1) is 11.8 Å². The standard InChI is InChI=1S/C53H95NO9/c1-5-9-12-15-18-19-20-21-22-23-24-25-26-29-32-38-50(55)59-44-48(46-62-53(58)61-43-47-35-34-41-54(8-4)42-47)45-60-51(56)39-33-40-52(57)63-49(36-30-27-16-13-10-6-2)37-31-28-17-14-11-7-3/h18-19,21-22,47-49H,5-17,20,23-46H2,1-4H3/b19-18-,22-21-. The molecule has 0 saturated carbocycles. The molecular formula is C53H95NO9. The van der Waals surface area contributed by atoms with Crippen molar-refractivity contribution in [3.8, 4) is 0 Å². The SMILES string of the molecule is CCCCC/C=C\C/C=C\CCCCCCCC(=O)OCC(COC(=O)CCCC(=O)OC(CCCCCCCC)CCCCCCCC)COC(=O)OCC1CCCN(CC)C1. The molecule has 0 amide bonds. The fourth-order valence-electron chi connectivity index (χ4n) is 7.97. The Morgan fingerprint density at radius 1 is 0.540 bits per heavy atom. The fourth-order valence-corrected chi connectivity index (χ4v) is 7.97. The van der Waals surface area contributed by atoms with Gasteiger partial charge in [-0.1, -0.05) is 148 Å². The van der Waals surface area contributed by atoms with Crippen LogP contribution in [0.1, 0.15) is 227 Å². The number of ether oxygens (including phenoxy) is 5. The third kappa shape index (κ3) is 37.1. The van der Waals surface area contributed by atoms with Gasteiger partial charge in [0.05, 0.1) is 12.5 Å². The second kappa shape index (κ2) is 43.0. The Kier molecular flexibility index (Phi) is 39.7. The number of piperidine rings is 1. The normalized spacial score (nSPS) is 15.0. The minimum atomic E-state index is -0.777. The van der Waals surface area contributed by atoms with Crippen LogP contribution in [-0.2, 0) is 38.1 Å². The second-order valence-electron chi connectivity index (χ2n) is 18.1. The lowest BCUT2D eigenvalue weighted by atomic mass is 9.99. The summed E-state index contributed by atoms with van der Waals surface area (Å²) >= 11 is 0. The van der Waals surface area contributed by atoms with Crippen molar-refractivity contribution in [2.24, 2.45) is 11.8 Å². The van der Waals surface area contributed by atoms with Crippen LogP contribution in [0.15, 0.2) is 24.3 Å². The molecule has 1 rings (SSSR count). The van der Waals surface area contributed by atoms with Gasteiger partial charge in [-0.2, -0.15) is 0 Å². The maximum absolute atomic E-state index is 12.9. The summed E-state index contributed by atoms with van der Waals surface area (Å²) in [6.07, 6.45) is 39.5. The highest BCUT2D eigenvalue weighted by Gasteiger charge is 2.23. The summed E-state index contributed by atoms with van der Waals surface area (Å²) in [5.41, 5.74) is 0. The van der Waals surface area contributed by atoms with E-state index in [1.807, 2.05) is 0 Å². The lowest BCUT2D eigenvalue weighted by Gasteiger charge is -2.31. The fraction of sp³-hybridized carbons (Fsp3) is 0.849. The van der Waals surface area contributed by atoms with Crippen molar-refractivity contribution in [2.45, 2.75) is 233 Å². The number of likely N-dealkylation sites (tertiary alicyclic amines) is 1. The van der Waals surface area contributed by atoms with Gasteiger partial charge in [-0.3, -0.25) is 14.4 Å². The van der Waals surface area contributed by atoms with E-state index < -0.39 is 18.0 Å². The number of carbonyl (C=O) groups excluding carboxylic acids is 4. The van der Waals surface area contributed by atoms with Gasteiger partial charge >= 0.3 is 24.1 Å². The molecule has 1 aliphatic heterocycles. The Hall–Kier alpha value is -2.88. The zero-order valence-corrected chi connectivity index (χ0v) is 41.0. The molecule has 63 heavy (non-hydrogen) atoms. The van der Waals surface area contributed by atoms with Crippen molar-refractivity contribution >= 4 is 24.1 Å². The summed E-state index contributed by atoms with van der Waals surface area (Å²) < 4.78 is 28.0. The quantitative estimate of drug-likeness (QED) is 0.0254. The zero-order chi connectivity index (χ0) is 45.9. The van der Waals surface area contributed by atoms with E-state index in [9.17, 15) is 19.2 Å². The van der Waals surface area contributed by atoms with E-state index >= 15 is 0 Å². The molecule has 0 N–H and O–H groups in total. The summed E-state index contributed by atoms with van der Waals surface area (Å²) in [7, 11) is 0. The second-order valence-corrected chi connectivity index (χ2v) is 18.1. The zero-order valence-electron chi connectivity index (χ0n) is 41.0. The number of unbranched alkanes of at least 4 members (excludes halogenated alkanes) is 18. The molecule has 10 nitrogen and oxygen atoms in total. The largest absolute Gasteiger partial charge is 0.508 e. The van der Waals surface area contributed by atoms with Gasteiger partial charge in [0.2, 0.25) is 0 Å². The molecule has 1 aliphatic rings. The van der Waals surface area contributed by atoms with Crippen LogP contribution in [0.4, 0.5) is 4.79 Å². The molecule has 10 heteroatoms. The van der Waals surface area contributed by atoms with E-state index in [2.05, 4.69) is 56.9 Å². The van der Waals surface area contributed by atoms with Crippen LogP contribution in [-0.4, -0.2) is 81.1 Å². The first-order chi connectivity index (χ1) is 30.8. The number of allylic oxidation sites excluding steroid dienone is 4. The van der Waals surface area contributed by atoms with Gasteiger partial charge in [-0.25, -0.2) is 4.79 Å². The van der Waals surface area contributed by atoms with Crippen molar-refractivity contribution in [2.75, 3.05) is 46.1 Å². The highest BCUT2D eigenvalue weighted by Crippen LogP contribution is 2.19. The molecule has 0 spiro atoms. The lowest BCUT2D eigenvalue weighted by molar-refractivity contribution is -0.150. The summed E-state index contributed by atoms with van der Waals surface area (Å²) in [6, 6.07) is 0. The molecule has 2 atom stereocenters. The lowest BCUT2D eigenvalue weighted by Crippen LogP contribution is -2.37. The van der Waals surface area contributed by atoms with Gasteiger partial charge in [0.15, 0.2) is 0 Å². The van der Waals surface area contributed by atoms with E-state index in [0.29, 0.717) is 19.4 Å². The molecule has 1 saturated heterocycles. The Morgan fingerprint density at radius 3 is 1.63 bits per heavy atom. The van der Waals surface area contributed by atoms with Crippen LogP contribution in [0.3, 0.4) is 0 Å². The predicted molar refractivity (Wildman–Crippen MR) is 257 cm³/mol. The molecule has 0 aromatic heterocycles. The van der Waals surface area contributed by atoms with Crippen LogP contribution in [0.2, 0.25) is 0 Å². The maximum atomic E-state index is 12.9. The molecular weight excluding hydrogens is 795 g/mol. The Labute approximate surface area is 385 Å². The molecule has 0 aliphatic carbocycles. The number of hydrogen-bond donors (Lipinski definition) is 0. The predicted octanol–water partition coefficient (Wildman–Crippen LogP) is 14.0. The van der Waals surface area contributed by atoms with E-state index in [0.717, 1.165) is 116 Å². The first-order valence-electron chi connectivity index (χ1n) is 26.1. The highest BCUT2D eigenvalue weighted by atomic mass is 16.7. The van der Waals surface area contributed by atoms with Gasteiger partial charge in [-0.05, 0) is 96.6 Å². The molecule has 0 bridgehead atoms. The van der Waals surface area contributed by atoms with E-state index in [1.165, 1.54) is 77.0 Å². The summed E-state index contributed by atoms with van der Waals surface area (Å²) in [4.78, 5) is 53.2. The monoisotopic (exact) mass is 890 g/mol. The van der Waals surface area contributed by atoms with E-state index in [4.69, 9.17) is 23.7 Å². The smallest absolute Gasteiger partial charge is 0.465 e. The van der Waals surface area contributed by atoms with Gasteiger partial charge in [0, 0.05) is 31.7 Å². The van der Waals surface area contributed by atoms with Crippen molar-refractivity contribution in [1.82, 2.24) is 4.90 Å². The van der Waals surface area contributed by atoms with Crippen LogP contribution in [0.5, 0.6) is 0 Å². The molecule has 1 heterocycles. The number of esters is 3. The van der Waals surface area contributed by atoms with Crippen molar-refractivity contribution in [3.05, 3.63) is 24.3 Å². The average molecular weight is 890 g/mol. The first-order valence-corrected chi connectivity index (χ1v) is 26.1. The Bertz CT molecular complexity index is 1160. The molecule has 366 valence electrons. The third-order valence-electron chi connectivity index (χ3n) is 12.0. The highest BCUT2D eigenvalue weighted by molar-refractivity contribution is 5.72.